The molecule has 2 heterocycles. The largest absolute Gasteiger partial charge is 0.477 e. The number of H-pyrrole nitrogens is 2. The van der Waals surface area contributed by atoms with Crippen LogP contribution in [0.4, 0.5) is 5.82 Å². The minimum Gasteiger partial charge on any atom is -0.477 e. The van der Waals surface area contributed by atoms with E-state index >= 15 is 0 Å². The summed E-state index contributed by atoms with van der Waals surface area (Å²) in [5.74, 6) is -1.76. The molecule has 9 heteroatoms. The third-order valence-electron chi connectivity index (χ3n) is 1.95. The van der Waals surface area contributed by atoms with Gasteiger partial charge in [0.25, 0.3) is 11.5 Å². The molecule has 0 atom stereocenters. The Bertz CT molecular complexity index is 638. The lowest BCUT2D eigenvalue weighted by Gasteiger charge is -1.99. The van der Waals surface area contributed by atoms with Gasteiger partial charge in [-0.1, -0.05) is 0 Å². The van der Waals surface area contributed by atoms with Crippen molar-refractivity contribution in [3.05, 3.63) is 40.2 Å². The number of carboxylic acids is 1. The molecule has 0 spiro atoms. The highest BCUT2D eigenvalue weighted by Gasteiger charge is 2.12. The molecule has 0 saturated carbocycles. The summed E-state index contributed by atoms with van der Waals surface area (Å²) in [5, 5.41) is 16.8. The van der Waals surface area contributed by atoms with Crippen molar-refractivity contribution in [1.29, 1.82) is 0 Å². The van der Waals surface area contributed by atoms with E-state index in [-0.39, 0.29) is 17.2 Å². The van der Waals surface area contributed by atoms with Crippen LogP contribution in [0.15, 0.2) is 23.3 Å². The molecule has 0 unspecified atom stereocenters. The molecular weight excluding hydrogens is 242 g/mol. The zero-order chi connectivity index (χ0) is 13.1. The van der Waals surface area contributed by atoms with Crippen molar-refractivity contribution >= 4 is 17.7 Å². The summed E-state index contributed by atoms with van der Waals surface area (Å²) in [7, 11) is 0. The average molecular weight is 249 g/mol. The van der Waals surface area contributed by atoms with Crippen molar-refractivity contribution in [2.75, 3.05) is 5.32 Å². The maximum atomic E-state index is 11.6. The highest BCUT2D eigenvalue weighted by atomic mass is 16.4. The predicted octanol–water partition coefficient (Wildman–Crippen LogP) is -0.557. The van der Waals surface area contributed by atoms with Gasteiger partial charge in [0.2, 0.25) is 0 Å². The number of aromatic carboxylic acids is 1. The van der Waals surface area contributed by atoms with Crippen molar-refractivity contribution in [2.45, 2.75) is 0 Å². The van der Waals surface area contributed by atoms with E-state index in [4.69, 9.17) is 5.11 Å². The quantitative estimate of drug-likeness (QED) is 0.574. The molecule has 0 bridgehead atoms. The second-order valence-electron chi connectivity index (χ2n) is 3.22. The van der Waals surface area contributed by atoms with Crippen molar-refractivity contribution in [2.24, 2.45) is 0 Å². The summed E-state index contributed by atoms with van der Waals surface area (Å²) in [6.07, 6.45) is 2.10. The smallest absolute Gasteiger partial charge is 0.353 e. The fourth-order valence-electron chi connectivity index (χ4n) is 1.14. The van der Waals surface area contributed by atoms with Crippen LogP contribution in [0.25, 0.3) is 0 Å². The third-order valence-corrected chi connectivity index (χ3v) is 1.95. The van der Waals surface area contributed by atoms with Gasteiger partial charge >= 0.3 is 5.97 Å². The van der Waals surface area contributed by atoms with Gasteiger partial charge in [0.05, 0.1) is 6.20 Å². The number of carboxylic acid groups (broad SMARTS) is 1. The Hall–Kier alpha value is -2.97. The van der Waals surface area contributed by atoms with E-state index in [1.54, 1.807) is 0 Å². The van der Waals surface area contributed by atoms with E-state index in [2.05, 4.69) is 25.5 Å². The summed E-state index contributed by atoms with van der Waals surface area (Å²) in [6, 6.07) is 1.16. The first-order valence-electron chi connectivity index (χ1n) is 4.71. The van der Waals surface area contributed by atoms with Gasteiger partial charge in [0, 0.05) is 12.3 Å². The second-order valence-corrected chi connectivity index (χ2v) is 3.22. The fraction of sp³-hybridized carbons (Fsp3) is 0. The maximum absolute atomic E-state index is 11.6. The third kappa shape index (κ3) is 2.40. The van der Waals surface area contributed by atoms with Gasteiger partial charge in [-0.3, -0.25) is 14.7 Å². The second kappa shape index (κ2) is 4.49. The Balaban J connectivity index is 2.13. The van der Waals surface area contributed by atoms with Crippen LogP contribution in [-0.4, -0.2) is 37.1 Å². The Kier molecular flexibility index (Phi) is 2.87. The van der Waals surface area contributed by atoms with Crippen LogP contribution < -0.4 is 10.9 Å². The summed E-state index contributed by atoms with van der Waals surface area (Å²) < 4.78 is 0. The highest BCUT2D eigenvalue weighted by molar-refractivity contribution is 6.02. The zero-order valence-electron chi connectivity index (χ0n) is 8.80. The normalized spacial score (nSPS) is 10.0. The van der Waals surface area contributed by atoms with Crippen molar-refractivity contribution in [3.8, 4) is 0 Å². The van der Waals surface area contributed by atoms with E-state index in [0.717, 1.165) is 18.5 Å². The Morgan fingerprint density at radius 2 is 2.17 bits per heavy atom. The molecule has 2 aromatic rings. The number of carbonyl (C=O) groups excluding carboxylic acids is 1. The molecule has 92 valence electrons. The van der Waals surface area contributed by atoms with Crippen LogP contribution in [0.2, 0.25) is 0 Å². The zero-order valence-corrected chi connectivity index (χ0v) is 8.80. The number of hydrogen-bond acceptors (Lipinski definition) is 5. The molecule has 0 saturated heterocycles. The van der Waals surface area contributed by atoms with Gasteiger partial charge in [-0.15, -0.1) is 0 Å². The van der Waals surface area contributed by atoms with Gasteiger partial charge in [-0.25, -0.2) is 9.78 Å². The number of anilines is 1. The lowest BCUT2D eigenvalue weighted by Crippen LogP contribution is -2.17. The van der Waals surface area contributed by atoms with E-state index in [9.17, 15) is 14.4 Å². The van der Waals surface area contributed by atoms with Gasteiger partial charge in [0.1, 0.15) is 11.4 Å². The lowest BCUT2D eigenvalue weighted by atomic mass is 10.4. The standard InChI is InChI=1S/C9H7N5O4/c15-7-3-10-5(2-11-7)8(16)12-6-1-4(9(17)18)13-14-6/h1-3H,(H,11,15)(H,17,18)(H2,12,13,14,16). The number of carbonyl (C=O) groups is 2. The maximum Gasteiger partial charge on any atom is 0.353 e. The van der Waals surface area contributed by atoms with Crippen LogP contribution in [-0.2, 0) is 0 Å². The molecule has 9 nitrogen and oxygen atoms in total. The van der Waals surface area contributed by atoms with Crippen molar-refractivity contribution < 1.29 is 14.7 Å². The molecular formula is C9H7N5O4. The lowest BCUT2D eigenvalue weighted by molar-refractivity contribution is 0.0690. The first-order valence-corrected chi connectivity index (χ1v) is 4.71. The molecule has 2 rings (SSSR count). The highest BCUT2D eigenvalue weighted by Crippen LogP contribution is 2.06. The number of rotatable bonds is 3. The Labute approximate surface area is 98.9 Å². The van der Waals surface area contributed by atoms with Crippen molar-refractivity contribution in [1.82, 2.24) is 20.2 Å². The van der Waals surface area contributed by atoms with E-state index in [1.807, 2.05) is 0 Å². The van der Waals surface area contributed by atoms with Crippen LogP contribution in [0.1, 0.15) is 21.0 Å². The van der Waals surface area contributed by atoms with Gasteiger partial charge in [0.15, 0.2) is 5.82 Å². The molecule has 2 aromatic heterocycles. The summed E-state index contributed by atoms with van der Waals surface area (Å²) in [5.41, 5.74) is -0.603. The van der Waals surface area contributed by atoms with Crippen LogP contribution in [0, 0.1) is 0 Å². The Morgan fingerprint density at radius 1 is 1.39 bits per heavy atom. The number of amides is 1. The fourth-order valence-corrected chi connectivity index (χ4v) is 1.14. The number of aromatic nitrogens is 4. The molecule has 0 aromatic carbocycles. The van der Waals surface area contributed by atoms with E-state index in [1.165, 1.54) is 0 Å². The summed E-state index contributed by atoms with van der Waals surface area (Å²) >= 11 is 0. The molecule has 0 fully saturated rings. The number of nitrogens with zero attached hydrogens (tertiary/aromatic N) is 2. The Morgan fingerprint density at radius 3 is 2.72 bits per heavy atom. The molecule has 4 N–H and O–H groups in total. The molecule has 0 aliphatic heterocycles. The minimum absolute atomic E-state index is 0.0190. The summed E-state index contributed by atoms with van der Waals surface area (Å²) in [4.78, 5) is 38.8. The van der Waals surface area contributed by atoms with E-state index in [0.29, 0.717) is 0 Å². The first kappa shape index (κ1) is 11.5. The predicted molar refractivity (Wildman–Crippen MR) is 58.4 cm³/mol. The van der Waals surface area contributed by atoms with E-state index < -0.39 is 17.4 Å². The van der Waals surface area contributed by atoms with Crippen LogP contribution in [0.3, 0.4) is 0 Å². The monoisotopic (exact) mass is 249 g/mol. The number of hydrogen-bond donors (Lipinski definition) is 4. The molecule has 0 aliphatic carbocycles. The van der Waals surface area contributed by atoms with Crippen LogP contribution in [0.5, 0.6) is 0 Å². The van der Waals surface area contributed by atoms with Gasteiger partial charge in [-0.2, -0.15) is 5.10 Å². The van der Waals surface area contributed by atoms with Gasteiger partial charge < -0.3 is 15.4 Å². The molecule has 0 aliphatic rings. The minimum atomic E-state index is -1.19. The average Bonchev–Trinajstić information content (AvgIpc) is 2.78. The van der Waals surface area contributed by atoms with Crippen LogP contribution >= 0.6 is 0 Å². The first-order chi connectivity index (χ1) is 8.56. The topological polar surface area (TPSA) is 141 Å². The number of aromatic amines is 2. The SMILES string of the molecule is O=C(Nc1cc(C(=O)O)[nH]n1)c1c[nH]c(=O)cn1. The molecule has 1 amide bonds. The number of nitrogens with one attached hydrogen (secondary N) is 3. The molecule has 18 heavy (non-hydrogen) atoms. The van der Waals surface area contributed by atoms with Crippen molar-refractivity contribution in [3.63, 3.8) is 0 Å². The summed E-state index contributed by atoms with van der Waals surface area (Å²) in [6.45, 7) is 0. The van der Waals surface area contributed by atoms with Gasteiger partial charge in [-0.05, 0) is 0 Å². The molecule has 0 radical (unpaired) electrons.